The van der Waals surface area contributed by atoms with E-state index in [2.05, 4.69) is 40.2 Å². The number of hydrogen-bond donors (Lipinski definition) is 1. The van der Waals surface area contributed by atoms with Gasteiger partial charge in [-0.2, -0.15) is 5.10 Å². The predicted octanol–water partition coefficient (Wildman–Crippen LogP) is 3.85. The van der Waals surface area contributed by atoms with E-state index in [-0.39, 0.29) is 6.04 Å². The smallest absolute Gasteiger partial charge is 0.0537 e. The van der Waals surface area contributed by atoms with Gasteiger partial charge in [0.15, 0.2) is 0 Å². The summed E-state index contributed by atoms with van der Waals surface area (Å²) in [5.41, 5.74) is 7.32. The SMILES string of the molecule is CCCn1cc(C(N)CSc2ccccc2Br)cn1. The van der Waals surface area contributed by atoms with Crippen LogP contribution >= 0.6 is 27.7 Å². The fourth-order valence-electron chi connectivity index (χ4n) is 1.76. The van der Waals surface area contributed by atoms with E-state index in [0.717, 1.165) is 28.8 Å². The van der Waals surface area contributed by atoms with Crippen molar-refractivity contribution in [1.82, 2.24) is 9.78 Å². The van der Waals surface area contributed by atoms with Gasteiger partial charge in [0.05, 0.1) is 6.20 Å². The molecule has 2 rings (SSSR count). The zero-order chi connectivity index (χ0) is 13.7. The first-order valence-electron chi connectivity index (χ1n) is 6.36. The Morgan fingerprint density at radius 3 is 2.95 bits per heavy atom. The lowest BCUT2D eigenvalue weighted by molar-refractivity contribution is 0.601. The van der Waals surface area contributed by atoms with Crippen LogP contribution in [0.15, 0.2) is 46.0 Å². The van der Waals surface area contributed by atoms with Crippen LogP contribution in [0.3, 0.4) is 0 Å². The molecule has 3 nitrogen and oxygen atoms in total. The summed E-state index contributed by atoms with van der Waals surface area (Å²) in [6.07, 6.45) is 5.01. The Balaban J connectivity index is 1.93. The van der Waals surface area contributed by atoms with Crippen molar-refractivity contribution in [3.8, 4) is 0 Å². The lowest BCUT2D eigenvalue weighted by Crippen LogP contribution is -2.12. The third-order valence-electron chi connectivity index (χ3n) is 2.79. The molecule has 0 bridgehead atoms. The number of thioether (sulfide) groups is 1. The number of rotatable bonds is 6. The van der Waals surface area contributed by atoms with Crippen molar-refractivity contribution in [2.45, 2.75) is 30.8 Å². The monoisotopic (exact) mass is 339 g/mol. The summed E-state index contributed by atoms with van der Waals surface area (Å²) in [7, 11) is 0. The summed E-state index contributed by atoms with van der Waals surface area (Å²) in [5, 5.41) is 4.32. The van der Waals surface area contributed by atoms with Crippen molar-refractivity contribution in [2.24, 2.45) is 5.73 Å². The molecule has 0 amide bonds. The van der Waals surface area contributed by atoms with E-state index in [1.165, 1.54) is 4.90 Å². The van der Waals surface area contributed by atoms with Gasteiger partial charge in [0.2, 0.25) is 0 Å². The molecule has 19 heavy (non-hydrogen) atoms. The minimum absolute atomic E-state index is 0.0164. The number of hydrogen-bond acceptors (Lipinski definition) is 3. The standard InChI is InChI=1S/C14H18BrN3S/c1-2-7-18-9-11(8-17-18)13(16)10-19-14-6-4-3-5-12(14)15/h3-6,8-9,13H,2,7,10,16H2,1H3. The molecule has 0 saturated carbocycles. The highest BCUT2D eigenvalue weighted by molar-refractivity contribution is 9.10. The summed E-state index contributed by atoms with van der Waals surface area (Å²) < 4.78 is 3.08. The quantitative estimate of drug-likeness (QED) is 0.813. The molecule has 1 atom stereocenters. The average Bonchev–Trinajstić information content (AvgIpc) is 2.87. The number of nitrogens with two attached hydrogens (primary N) is 1. The second kappa shape index (κ2) is 7.12. The first-order valence-corrected chi connectivity index (χ1v) is 8.14. The third kappa shape index (κ3) is 4.09. The Kier molecular flexibility index (Phi) is 5.48. The summed E-state index contributed by atoms with van der Waals surface area (Å²) in [5.74, 6) is 0.848. The van der Waals surface area contributed by atoms with E-state index in [0.29, 0.717) is 0 Å². The van der Waals surface area contributed by atoms with Gasteiger partial charge < -0.3 is 5.73 Å². The largest absolute Gasteiger partial charge is 0.323 e. The molecule has 0 radical (unpaired) electrons. The summed E-state index contributed by atoms with van der Waals surface area (Å²) >= 11 is 5.31. The minimum Gasteiger partial charge on any atom is -0.323 e. The van der Waals surface area contributed by atoms with E-state index in [1.807, 2.05) is 29.1 Å². The van der Waals surface area contributed by atoms with Gasteiger partial charge in [-0.15, -0.1) is 11.8 Å². The van der Waals surface area contributed by atoms with Crippen LogP contribution in [0.5, 0.6) is 0 Å². The van der Waals surface area contributed by atoms with Gasteiger partial charge in [0.1, 0.15) is 0 Å². The zero-order valence-corrected chi connectivity index (χ0v) is 13.3. The maximum absolute atomic E-state index is 6.21. The third-order valence-corrected chi connectivity index (χ3v) is 4.94. The maximum Gasteiger partial charge on any atom is 0.0537 e. The van der Waals surface area contributed by atoms with Crippen LogP contribution in [0.2, 0.25) is 0 Å². The first-order chi connectivity index (χ1) is 9.20. The van der Waals surface area contributed by atoms with E-state index in [4.69, 9.17) is 5.73 Å². The van der Waals surface area contributed by atoms with Crippen molar-refractivity contribution in [3.05, 3.63) is 46.7 Å². The molecule has 0 aliphatic carbocycles. The number of halogens is 1. The van der Waals surface area contributed by atoms with E-state index < -0.39 is 0 Å². The van der Waals surface area contributed by atoms with E-state index >= 15 is 0 Å². The molecule has 102 valence electrons. The molecule has 0 saturated heterocycles. The normalized spacial score (nSPS) is 12.6. The number of benzene rings is 1. The Morgan fingerprint density at radius 1 is 1.42 bits per heavy atom. The molecule has 2 aromatic rings. The molecule has 0 aliphatic rings. The highest BCUT2D eigenvalue weighted by Crippen LogP contribution is 2.29. The van der Waals surface area contributed by atoms with E-state index in [9.17, 15) is 0 Å². The van der Waals surface area contributed by atoms with E-state index in [1.54, 1.807) is 11.8 Å². The topological polar surface area (TPSA) is 43.8 Å². The minimum atomic E-state index is 0.0164. The zero-order valence-electron chi connectivity index (χ0n) is 10.9. The molecular weight excluding hydrogens is 322 g/mol. The summed E-state index contributed by atoms with van der Waals surface area (Å²) in [6, 6.07) is 8.22. The van der Waals surface area contributed by atoms with Crippen molar-refractivity contribution in [2.75, 3.05) is 5.75 Å². The van der Waals surface area contributed by atoms with Gasteiger partial charge in [0.25, 0.3) is 0 Å². The molecule has 1 aromatic carbocycles. The fourth-order valence-corrected chi connectivity index (χ4v) is 3.32. The lowest BCUT2D eigenvalue weighted by Gasteiger charge is -2.10. The molecule has 0 aliphatic heterocycles. The molecule has 5 heteroatoms. The molecule has 1 heterocycles. The number of nitrogens with zero attached hydrogens (tertiary/aromatic N) is 2. The Hall–Kier alpha value is -0.780. The Labute approximate surface area is 126 Å². The van der Waals surface area contributed by atoms with Gasteiger partial charge in [0, 0.05) is 39.5 Å². The van der Waals surface area contributed by atoms with Gasteiger partial charge in [-0.05, 0) is 34.5 Å². The van der Waals surface area contributed by atoms with Crippen LogP contribution < -0.4 is 5.73 Å². The van der Waals surface area contributed by atoms with Crippen molar-refractivity contribution in [1.29, 1.82) is 0 Å². The van der Waals surface area contributed by atoms with Crippen LogP contribution in [0.1, 0.15) is 24.9 Å². The summed E-state index contributed by atoms with van der Waals surface area (Å²) in [4.78, 5) is 1.22. The molecule has 0 spiro atoms. The lowest BCUT2D eigenvalue weighted by atomic mass is 10.2. The second-order valence-corrected chi connectivity index (χ2v) is 6.30. The molecular formula is C14H18BrN3S. The van der Waals surface area contributed by atoms with Crippen molar-refractivity contribution < 1.29 is 0 Å². The van der Waals surface area contributed by atoms with Crippen LogP contribution in [-0.2, 0) is 6.54 Å². The Bertz CT molecular complexity index is 527. The number of aryl methyl sites for hydroxylation is 1. The molecule has 1 unspecified atom stereocenters. The highest BCUT2D eigenvalue weighted by atomic mass is 79.9. The first kappa shape index (κ1) is 14.6. The molecule has 2 N–H and O–H groups in total. The van der Waals surface area contributed by atoms with Crippen LogP contribution in [0.4, 0.5) is 0 Å². The van der Waals surface area contributed by atoms with Gasteiger partial charge in [-0.3, -0.25) is 4.68 Å². The molecule has 1 aromatic heterocycles. The van der Waals surface area contributed by atoms with Crippen molar-refractivity contribution in [3.63, 3.8) is 0 Å². The second-order valence-electron chi connectivity index (χ2n) is 4.38. The van der Waals surface area contributed by atoms with Gasteiger partial charge in [-0.1, -0.05) is 19.1 Å². The van der Waals surface area contributed by atoms with Crippen molar-refractivity contribution >= 4 is 27.7 Å². The molecule has 0 fully saturated rings. The fraction of sp³-hybridized carbons (Fsp3) is 0.357. The summed E-state index contributed by atoms with van der Waals surface area (Å²) in [6.45, 7) is 3.09. The Morgan fingerprint density at radius 2 is 2.21 bits per heavy atom. The maximum atomic E-state index is 6.21. The van der Waals surface area contributed by atoms with Crippen LogP contribution in [0, 0.1) is 0 Å². The van der Waals surface area contributed by atoms with Gasteiger partial charge >= 0.3 is 0 Å². The van der Waals surface area contributed by atoms with Gasteiger partial charge in [-0.25, -0.2) is 0 Å². The van der Waals surface area contributed by atoms with Crippen LogP contribution in [-0.4, -0.2) is 15.5 Å². The highest BCUT2D eigenvalue weighted by Gasteiger charge is 2.10. The number of aromatic nitrogens is 2. The average molecular weight is 340 g/mol. The predicted molar refractivity (Wildman–Crippen MR) is 84.3 cm³/mol. The van der Waals surface area contributed by atoms with Crippen LogP contribution in [0.25, 0.3) is 0 Å².